The van der Waals surface area contributed by atoms with Crippen molar-refractivity contribution < 1.29 is 4.21 Å². The van der Waals surface area contributed by atoms with Gasteiger partial charge in [-0.1, -0.05) is 0 Å². The van der Waals surface area contributed by atoms with E-state index in [9.17, 15) is 4.21 Å². The zero-order valence-electron chi connectivity index (χ0n) is 6.76. The summed E-state index contributed by atoms with van der Waals surface area (Å²) in [6.45, 7) is 3.74. The fourth-order valence-electron chi connectivity index (χ4n) is 0.845. The zero-order chi connectivity index (χ0) is 8.43. The number of aromatic nitrogens is 2. The van der Waals surface area contributed by atoms with E-state index in [0.717, 1.165) is 17.1 Å². The lowest BCUT2D eigenvalue weighted by Gasteiger charge is -1.99. The maximum Gasteiger partial charge on any atom is 0.114 e. The second-order valence-corrected chi connectivity index (χ2v) is 3.48. The molecule has 1 aromatic heterocycles. The summed E-state index contributed by atoms with van der Waals surface area (Å²) in [5, 5.41) is 6.74. The summed E-state index contributed by atoms with van der Waals surface area (Å²) in [7, 11) is -1.03. The fourth-order valence-corrected chi connectivity index (χ4v) is 1.43. The summed E-state index contributed by atoms with van der Waals surface area (Å²) >= 11 is 0. The molecule has 62 valence electrons. The molecule has 0 fully saturated rings. The standard InChI is InChI=1S/C6H11N3OS/c1-4-6(9-11(3)10)5(2)8-7-4/h9H,1-3H3,(H,7,8). The minimum absolute atomic E-state index is 0.839. The molecule has 0 radical (unpaired) electrons. The highest BCUT2D eigenvalue weighted by molar-refractivity contribution is 7.85. The van der Waals surface area contributed by atoms with Crippen molar-refractivity contribution in [3.63, 3.8) is 0 Å². The first kappa shape index (κ1) is 8.26. The van der Waals surface area contributed by atoms with Crippen molar-refractivity contribution in [3.05, 3.63) is 11.4 Å². The van der Waals surface area contributed by atoms with Crippen molar-refractivity contribution in [2.45, 2.75) is 13.8 Å². The lowest BCUT2D eigenvalue weighted by atomic mass is 10.3. The van der Waals surface area contributed by atoms with Crippen molar-refractivity contribution in [2.24, 2.45) is 0 Å². The average Bonchev–Trinajstić information content (AvgIpc) is 2.18. The van der Waals surface area contributed by atoms with Gasteiger partial charge in [0.05, 0.1) is 17.1 Å². The Kier molecular flexibility index (Phi) is 2.28. The first-order valence-corrected chi connectivity index (χ1v) is 4.78. The van der Waals surface area contributed by atoms with Crippen LogP contribution in [0.5, 0.6) is 0 Å². The SMILES string of the molecule is Cc1n[nH]c(C)c1NS(C)=O. The van der Waals surface area contributed by atoms with Crippen LogP contribution in [0.25, 0.3) is 0 Å². The monoisotopic (exact) mass is 173 g/mol. The molecule has 0 saturated carbocycles. The van der Waals surface area contributed by atoms with Gasteiger partial charge in [-0.25, -0.2) is 4.21 Å². The minimum atomic E-state index is -1.03. The maximum absolute atomic E-state index is 10.8. The Morgan fingerprint density at radius 2 is 2.18 bits per heavy atom. The van der Waals surface area contributed by atoms with E-state index in [1.165, 1.54) is 0 Å². The topological polar surface area (TPSA) is 57.8 Å². The van der Waals surface area contributed by atoms with Crippen LogP contribution in [0.1, 0.15) is 11.4 Å². The van der Waals surface area contributed by atoms with Crippen LogP contribution in [0.2, 0.25) is 0 Å². The molecule has 1 unspecified atom stereocenters. The third-order valence-corrected chi connectivity index (χ3v) is 1.87. The maximum atomic E-state index is 10.8. The van der Waals surface area contributed by atoms with Gasteiger partial charge in [0.2, 0.25) is 0 Å². The van der Waals surface area contributed by atoms with Crippen molar-refractivity contribution in [1.29, 1.82) is 0 Å². The van der Waals surface area contributed by atoms with Crippen LogP contribution >= 0.6 is 0 Å². The van der Waals surface area contributed by atoms with Crippen LogP contribution in [-0.4, -0.2) is 20.7 Å². The number of nitrogens with zero attached hydrogens (tertiary/aromatic N) is 1. The summed E-state index contributed by atoms with van der Waals surface area (Å²) in [5.74, 6) is 0. The molecular weight excluding hydrogens is 162 g/mol. The summed E-state index contributed by atoms with van der Waals surface area (Å²) in [6.07, 6.45) is 1.59. The molecule has 0 amide bonds. The third kappa shape index (κ3) is 1.80. The number of H-pyrrole nitrogens is 1. The Balaban J connectivity index is 2.92. The largest absolute Gasteiger partial charge is 0.302 e. The number of hydrogen-bond donors (Lipinski definition) is 2. The van der Waals surface area contributed by atoms with Gasteiger partial charge in [-0.05, 0) is 13.8 Å². The number of rotatable bonds is 2. The molecule has 0 spiro atoms. The van der Waals surface area contributed by atoms with E-state index < -0.39 is 11.0 Å². The van der Waals surface area contributed by atoms with Crippen molar-refractivity contribution in [1.82, 2.24) is 10.2 Å². The Bertz CT molecular complexity index is 262. The highest BCUT2D eigenvalue weighted by Gasteiger charge is 2.05. The molecule has 1 heterocycles. The molecule has 1 rings (SSSR count). The van der Waals surface area contributed by atoms with Crippen molar-refractivity contribution >= 4 is 16.7 Å². The van der Waals surface area contributed by atoms with Gasteiger partial charge in [0.25, 0.3) is 0 Å². The Labute approximate surface area is 68.0 Å². The van der Waals surface area contributed by atoms with Crippen LogP contribution in [0.4, 0.5) is 5.69 Å². The molecule has 0 aliphatic heterocycles. The van der Waals surface area contributed by atoms with Crippen LogP contribution in [0, 0.1) is 13.8 Å². The first-order chi connectivity index (χ1) is 5.11. The average molecular weight is 173 g/mol. The van der Waals surface area contributed by atoms with Gasteiger partial charge in [0.15, 0.2) is 0 Å². The molecule has 0 saturated heterocycles. The number of aromatic amines is 1. The fraction of sp³-hybridized carbons (Fsp3) is 0.500. The summed E-state index contributed by atoms with van der Waals surface area (Å²) in [5.41, 5.74) is 2.60. The molecule has 4 nitrogen and oxygen atoms in total. The van der Waals surface area contributed by atoms with Gasteiger partial charge < -0.3 is 4.72 Å². The molecule has 0 aliphatic carbocycles. The van der Waals surface area contributed by atoms with Crippen molar-refractivity contribution in [3.8, 4) is 0 Å². The van der Waals surface area contributed by atoms with E-state index in [4.69, 9.17) is 0 Å². The van der Waals surface area contributed by atoms with Gasteiger partial charge in [0.1, 0.15) is 11.0 Å². The van der Waals surface area contributed by atoms with Gasteiger partial charge in [-0.2, -0.15) is 5.10 Å². The number of anilines is 1. The highest BCUT2D eigenvalue weighted by atomic mass is 32.2. The van der Waals surface area contributed by atoms with Gasteiger partial charge in [-0.15, -0.1) is 0 Å². The van der Waals surface area contributed by atoms with E-state index in [-0.39, 0.29) is 0 Å². The second kappa shape index (κ2) is 3.04. The number of aryl methyl sites for hydroxylation is 2. The van der Waals surface area contributed by atoms with Gasteiger partial charge in [0, 0.05) is 6.26 Å². The van der Waals surface area contributed by atoms with E-state index >= 15 is 0 Å². The van der Waals surface area contributed by atoms with Gasteiger partial charge >= 0.3 is 0 Å². The predicted molar refractivity (Wildman–Crippen MR) is 45.8 cm³/mol. The third-order valence-electron chi connectivity index (χ3n) is 1.37. The Hall–Kier alpha value is -0.840. The summed E-state index contributed by atoms with van der Waals surface area (Å²) in [4.78, 5) is 0. The molecule has 0 aliphatic rings. The lowest BCUT2D eigenvalue weighted by molar-refractivity contribution is 0.690. The molecular formula is C6H11N3OS. The second-order valence-electron chi connectivity index (χ2n) is 2.37. The Morgan fingerprint density at radius 3 is 2.55 bits per heavy atom. The van der Waals surface area contributed by atoms with E-state index in [0.29, 0.717) is 0 Å². The molecule has 11 heavy (non-hydrogen) atoms. The normalized spacial score (nSPS) is 13.0. The van der Waals surface area contributed by atoms with Crippen LogP contribution in [-0.2, 0) is 11.0 Å². The minimum Gasteiger partial charge on any atom is -0.302 e. The quantitative estimate of drug-likeness (QED) is 0.692. The molecule has 2 N–H and O–H groups in total. The van der Waals surface area contributed by atoms with Crippen LogP contribution in [0.3, 0.4) is 0 Å². The number of nitrogens with one attached hydrogen (secondary N) is 2. The predicted octanol–water partition coefficient (Wildman–Crippen LogP) is 0.732. The molecule has 5 heteroatoms. The van der Waals surface area contributed by atoms with E-state index in [1.807, 2.05) is 13.8 Å². The summed E-state index contributed by atoms with van der Waals surface area (Å²) in [6, 6.07) is 0. The first-order valence-electron chi connectivity index (χ1n) is 3.23. The van der Waals surface area contributed by atoms with E-state index in [2.05, 4.69) is 14.9 Å². The lowest BCUT2D eigenvalue weighted by Crippen LogP contribution is -2.02. The summed E-state index contributed by atoms with van der Waals surface area (Å²) < 4.78 is 13.6. The number of hydrogen-bond acceptors (Lipinski definition) is 2. The molecule has 0 bridgehead atoms. The van der Waals surface area contributed by atoms with Crippen LogP contribution in [0.15, 0.2) is 0 Å². The molecule has 0 aromatic carbocycles. The zero-order valence-corrected chi connectivity index (χ0v) is 7.58. The molecule has 1 atom stereocenters. The Morgan fingerprint density at radius 1 is 1.55 bits per heavy atom. The van der Waals surface area contributed by atoms with Crippen molar-refractivity contribution in [2.75, 3.05) is 11.0 Å². The molecule has 1 aromatic rings. The smallest absolute Gasteiger partial charge is 0.114 e. The van der Waals surface area contributed by atoms with E-state index in [1.54, 1.807) is 6.26 Å². The van der Waals surface area contributed by atoms with Crippen LogP contribution < -0.4 is 4.72 Å². The highest BCUT2D eigenvalue weighted by Crippen LogP contribution is 2.15. The van der Waals surface area contributed by atoms with Gasteiger partial charge in [-0.3, -0.25) is 5.10 Å².